The molecule has 0 aliphatic carbocycles. The van der Waals surface area contributed by atoms with Crippen LogP contribution in [0.1, 0.15) is 37.9 Å². The van der Waals surface area contributed by atoms with Crippen molar-refractivity contribution in [3.63, 3.8) is 0 Å². The van der Waals surface area contributed by atoms with Crippen molar-refractivity contribution in [3.05, 3.63) is 23.9 Å². The van der Waals surface area contributed by atoms with Gasteiger partial charge in [0.25, 0.3) is 0 Å². The van der Waals surface area contributed by atoms with Crippen molar-refractivity contribution in [3.8, 4) is 0 Å². The van der Waals surface area contributed by atoms with Crippen LogP contribution in [0.25, 0.3) is 0 Å². The van der Waals surface area contributed by atoms with Crippen LogP contribution in [0.5, 0.6) is 0 Å². The van der Waals surface area contributed by atoms with E-state index in [0.717, 1.165) is 37.2 Å². The molecule has 2 heterocycles. The van der Waals surface area contributed by atoms with Gasteiger partial charge in [-0.15, -0.1) is 0 Å². The van der Waals surface area contributed by atoms with E-state index in [4.69, 9.17) is 0 Å². The molecule has 1 aromatic heterocycles. The molecule has 1 aliphatic rings. The third kappa shape index (κ3) is 3.04. The molecule has 0 bridgehead atoms. The molecule has 1 amide bonds. The Kier molecular flexibility index (Phi) is 4.37. The molecular weight excluding hydrogens is 242 g/mol. The van der Waals surface area contributed by atoms with Crippen LogP contribution in [0.4, 0.5) is 5.82 Å². The van der Waals surface area contributed by atoms with Crippen LogP contribution in [0.3, 0.4) is 0 Å². The summed E-state index contributed by atoms with van der Waals surface area (Å²) in [5.74, 6) is 0.846. The summed E-state index contributed by atoms with van der Waals surface area (Å²) in [6.45, 7) is 2.56. The van der Waals surface area contributed by atoms with Crippen molar-refractivity contribution in [1.82, 2.24) is 10.3 Å². The van der Waals surface area contributed by atoms with E-state index in [0.29, 0.717) is 0 Å². The summed E-state index contributed by atoms with van der Waals surface area (Å²) in [5, 5.41) is 12.2. The number of aliphatic hydroxyl groups is 1. The van der Waals surface area contributed by atoms with Gasteiger partial charge in [-0.2, -0.15) is 0 Å². The number of rotatable bonds is 3. The van der Waals surface area contributed by atoms with Gasteiger partial charge in [0.05, 0.1) is 6.10 Å². The molecule has 1 unspecified atom stereocenters. The summed E-state index contributed by atoms with van der Waals surface area (Å²) >= 11 is 0. The van der Waals surface area contributed by atoms with Gasteiger partial charge in [0.2, 0.25) is 5.91 Å². The lowest BCUT2D eigenvalue weighted by Gasteiger charge is -2.35. The molecule has 2 N–H and O–H groups in total. The summed E-state index contributed by atoms with van der Waals surface area (Å²) in [6, 6.07) is 3.61. The summed E-state index contributed by atoms with van der Waals surface area (Å²) in [7, 11) is 1.67. The second-order valence-corrected chi connectivity index (χ2v) is 4.94. The van der Waals surface area contributed by atoms with Gasteiger partial charge >= 0.3 is 0 Å². The third-order valence-electron chi connectivity index (χ3n) is 3.60. The van der Waals surface area contributed by atoms with Crippen molar-refractivity contribution in [2.45, 2.75) is 38.3 Å². The Morgan fingerprint density at radius 3 is 2.89 bits per heavy atom. The summed E-state index contributed by atoms with van der Waals surface area (Å²) in [4.78, 5) is 18.3. The van der Waals surface area contributed by atoms with E-state index >= 15 is 0 Å². The fourth-order valence-corrected chi connectivity index (χ4v) is 2.46. The number of aromatic nitrogens is 1. The first kappa shape index (κ1) is 13.8. The Hall–Kier alpha value is -1.62. The third-order valence-corrected chi connectivity index (χ3v) is 3.60. The molecule has 5 nitrogen and oxygen atoms in total. The van der Waals surface area contributed by atoms with Gasteiger partial charge in [0, 0.05) is 19.8 Å². The van der Waals surface area contributed by atoms with E-state index in [1.165, 1.54) is 0 Å². The van der Waals surface area contributed by atoms with E-state index in [2.05, 4.69) is 10.3 Å². The number of piperidine rings is 1. The Bertz CT molecular complexity index is 431. The normalized spacial score (nSPS) is 21.0. The van der Waals surface area contributed by atoms with Gasteiger partial charge in [-0.25, -0.2) is 4.98 Å². The van der Waals surface area contributed by atoms with Crippen molar-refractivity contribution in [2.75, 3.05) is 18.5 Å². The smallest absolute Gasteiger partial charge is 0.242 e. The van der Waals surface area contributed by atoms with E-state index in [1.54, 1.807) is 20.2 Å². The molecule has 0 aromatic carbocycles. The predicted molar refractivity (Wildman–Crippen MR) is 73.9 cm³/mol. The zero-order valence-corrected chi connectivity index (χ0v) is 11.5. The lowest BCUT2D eigenvalue weighted by Crippen LogP contribution is -2.49. The standard InChI is InChI=1S/C14H21N3O2/c1-10(18)11-6-7-13(16-9-11)17-8-4-3-5-12(17)14(19)15-2/h6-7,9-10,12,18H,3-5,8H2,1-2H3,(H,15,19)/t10-,12?/m1/s1. The predicted octanol–water partition coefficient (Wildman–Crippen LogP) is 1.24. The van der Waals surface area contributed by atoms with Crippen LogP contribution >= 0.6 is 0 Å². The largest absolute Gasteiger partial charge is 0.389 e. The molecule has 0 radical (unpaired) electrons. The van der Waals surface area contributed by atoms with Gasteiger partial charge < -0.3 is 15.3 Å². The molecule has 1 aliphatic heterocycles. The molecule has 1 saturated heterocycles. The monoisotopic (exact) mass is 263 g/mol. The number of carbonyl (C=O) groups excluding carboxylic acids is 1. The molecule has 1 fully saturated rings. The highest BCUT2D eigenvalue weighted by molar-refractivity contribution is 5.84. The minimum absolute atomic E-state index is 0.0427. The van der Waals surface area contributed by atoms with Gasteiger partial charge in [-0.3, -0.25) is 4.79 Å². The number of aliphatic hydroxyl groups excluding tert-OH is 1. The first-order valence-corrected chi connectivity index (χ1v) is 6.75. The molecule has 104 valence electrons. The number of pyridine rings is 1. The first-order chi connectivity index (χ1) is 9.13. The Morgan fingerprint density at radius 1 is 1.53 bits per heavy atom. The number of amides is 1. The Morgan fingerprint density at radius 2 is 2.32 bits per heavy atom. The topological polar surface area (TPSA) is 65.5 Å². The minimum Gasteiger partial charge on any atom is -0.389 e. The Balaban J connectivity index is 2.19. The summed E-state index contributed by atoms with van der Waals surface area (Å²) < 4.78 is 0. The van der Waals surface area contributed by atoms with Crippen molar-refractivity contribution < 1.29 is 9.90 Å². The van der Waals surface area contributed by atoms with Gasteiger partial charge in [-0.05, 0) is 37.8 Å². The van der Waals surface area contributed by atoms with Crippen LogP contribution in [0.2, 0.25) is 0 Å². The first-order valence-electron chi connectivity index (χ1n) is 6.75. The Labute approximate surface area is 113 Å². The highest BCUT2D eigenvalue weighted by Crippen LogP contribution is 2.24. The number of carbonyl (C=O) groups is 1. The zero-order chi connectivity index (χ0) is 13.8. The molecular formula is C14H21N3O2. The minimum atomic E-state index is -0.516. The van der Waals surface area contributed by atoms with E-state index < -0.39 is 6.10 Å². The maximum absolute atomic E-state index is 11.9. The molecule has 0 saturated carbocycles. The van der Waals surface area contributed by atoms with Crippen LogP contribution in [-0.4, -0.2) is 35.6 Å². The highest BCUT2D eigenvalue weighted by atomic mass is 16.3. The summed E-state index contributed by atoms with van der Waals surface area (Å²) in [5.41, 5.74) is 0.789. The van der Waals surface area contributed by atoms with Gasteiger partial charge in [-0.1, -0.05) is 6.07 Å². The van der Waals surface area contributed by atoms with Gasteiger partial charge in [0.15, 0.2) is 0 Å². The summed E-state index contributed by atoms with van der Waals surface area (Å²) in [6.07, 6.45) is 4.17. The number of nitrogens with one attached hydrogen (secondary N) is 1. The lowest BCUT2D eigenvalue weighted by atomic mass is 10.0. The average molecular weight is 263 g/mol. The molecule has 2 rings (SSSR count). The number of likely N-dealkylation sites (N-methyl/N-ethyl adjacent to an activating group) is 1. The maximum atomic E-state index is 11.9. The van der Waals surface area contributed by atoms with Crippen LogP contribution in [0.15, 0.2) is 18.3 Å². The molecule has 0 spiro atoms. The zero-order valence-electron chi connectivity index (χ0n) is 11.5. The average Bonchev–Trinajstić information content (AvgIpc) is 2.46. The van der Waals surface area contributed by atoms with Gasteiger partial charge in [0.1, 0.15) is 11.9 Å². The SMILES string of the molecule is CNC(=O)C1CCCCN1c1ccc([C@@H](C)O)cn1. The van der Waals surface area contributed by atoms with Crippen molar-refractivity contribution >= 4 is 11.7 Å². The fourth-order valence-electron chi connectivity index (χ4n) is 2.46. The second-order valence-electron chi connectivity index (χ2n) is 4.94. The number of anilines is 1. The van der Waals surface area contributed by atoms with E-state index in [-0.39, 0.29) is 11.9 Å². The number of hydrogen-bond acceptors (Lipinski definition) is 4. The number of nitrogens with zero attached hydrogens (tertiary/aromatic N) is 2. The van der Waals surface area contributed by atoms with Crippen molar-refractivity contribution in [2.24, 2.45) is 0 Å². The van der Waals surface area contributed by atoms with Crippen LogP contribution < -0.4 is 10.2 Å². The second kappa shape index (κ2) is 6.02. The molecule has 2 atom stereocenters. The fraction of sp³-hybridized carbons (Fsp3) is 0.571. The molecule has 1 aromatic rings. The van der Waals surface area contributed by atoms with Crippen molar-refractivity contribution in [1.29, 1.82) is 0 Å². The van der Waals surface area contributed by atoms with E-state index in [1.807, 2.05) is 17.0 Å². The molecule has 5 heteroatoms. The maximum Gasteiger partial charge on any atom is 0.242 e. The van der Waals surface area contributed by atoms with E-state index in [9.17, 15) is 9.90 Å². The molecule has 19 heavy (non-hydrogen) atoms. The number of hydrogen-bond donors (Lipinski definition) is 2. The van der Waals surface area contributed by atoms with Crippen LogP contribution in [0, 0.1) is 0 Å². The highest BCUT2D eigenvalue weighted by Gasteiger charge is 2.28. The lowest BCUT2D eigenvalue weighted by molar-refractivity contribution is -0.122. The quantitative estimate of drug-likeness (QED) is 0.861. The van der Waals surface area contributed by atoms with Crippen LogP contribution in [-0.2, 0) is 4.79 Å².